The third kappa shape index (κ3) is 3.30. The Morgan fingerprint density at radius 1 is 1.10 bits per heavy atom. The summed E-state index contributed by atoms with van der Waals surface area (Å²) in [5.41, 5.74) is 1.86. The van der Waals surface area contributed by atoms with Crippen LogP contribution in [-0.2, 0) is 5.41 Å². The number of carbonyl (C=O) groups is 1. The molecule has 104 valence electrons. The summed E-state index contributed by atoms with van der Waals surface area (Å²) < 4.78 is 4.66. The van der Waals surface area contributed by atoms with E-state index in [-0.39, 0.29) is 15.1 Å². The molecule has 0 atom stereocenters. The minimum atomic E-state index is -0.359. The maximum absolute atomic E-state index is 10.9. The monoisotopic (exact) mass is 382 g/mol. The van der Waals surface area contributed by atoms with Gasteiger partial charge in [0.2, 0.25) is 0 Å². The topological polar surface area (TPSA) is 46.5 Å². The Bertz CT molecular complexity index is 618. The molecule has 0 aliphatic carbocycles. The molecule has 0 bridgehead atoms. The number of aromatic hydroxyl groups is 1. The quantitative estimate of drug-likeness (QED) is 0.621. The summed E-state index contributed by atoms with van der Waals surface area (Å²) in [7, 11) is 0. The lowest BCUT2D eigenvalue weighted by Gasteiger charge is -2.26. The average molecular weight is 382 g/mol. The molecule has 0 aliphatic rings. The van der Waals surface area contributed by atoms with E-state index in [2.05, 4.69) is 13.8 Å². The fourth-order valence-corrected chi connectivity index (χ4v) is 2.35. The second kappa shape index (κ2) is 5.83. The first-order chi connectivity index (χ1) is 9.39. The molecule has 0 aliphatic heterocycles. The molecular formula is C16H15IO3. The van der Waals surface area contributed by atoms with Gasteiger partial charge in [0.1, 0.15) is 11.5 Å². The fourth-order valence-electron chi connectivity index (χ4n) is 2.09. The molecule has 0 radical (unpaired) electrons. The van der Waals surface area contributed by atoms with Crippen LogP contribution in [0.15, 0.2) is 48.5 Å². The van der Waals surface area contributed by atoms with Gasteiger partial charge in [-0.05, 0) is 35.4 Å². The van der Waals surface area contributed by atoms with E-state index in [4.69, 9.17) is 4.74 Å². The third-order valence-corrected chi connectivity index (χ3v) is 3.56. The molecule has 0 aromatic heterocycles. The van der Waals surface area contributed by atoms with Gasteiger partial charge in [0.25, 0.3) is 0 Å². The van der Waals surface area contributed by atoms with E-state index in [0.717, 1.165) is 11.1 Å². The highest BCUT2D eigenvalue weighted by molar-refractivity contribution is 14.1. The molecule has 0 fully saturated rings. The zero-order valence-corrected chi connectivity index (χ0v) is 13.4. The summed E-state index contributed by atoms with van der Waals surface area (Å²) in [6, 6.07) is 14.6. The highest BCUT2D eigenvalue weighted by atomic mass is 127. The zero-order valence-electron chi connectivity index (χ0n) is 11.3. The second-order valence-electron chi connectivity index (χ2n) is 5.04. The minimum Gasteiger partial charge on any atom is -0.508 e. The van der Waals surface area contributed by atoms with Crippen molar-refractivity contribution in [3.05, 3.63) is 59.7 Å². The molecule has 0 saturated carbocycles. The molecule has 0 saturated heterocycles. The summed E-state index contributed by atoms with van der Waals surface area (Å²) in [5, 5.41) is 9.61. The Morgan fingerprint density at radius 3 is 2.30 bits per heavy atom. The van der Waals surface area contributed by atoms with Crippen molar-refractivity contribution in [2.24, 2.45) is 0 Å². The molecule has 2 aromatic carbocycles. The number of phenolic OH excluding ortho intramolecular Hbond substituents is 1. The average Bonchev–Trinajstić information content (AvgIpc) is 2.38. The Morgan fingerprint density at radius 2 is 1.75 bits per heavy atom. The molecule has 3 nitrogen and oxygen atoms in total. The number of halogens is 1. The lowest BCUT2D eigenvalue weighted by atomic mass is 9.78. The van der Waals surface area contributed by atoms with Crippen LogP contribution in [0.2, 0.25) is 0 Å². The first kappa shape index (κ1) is 14.8. The molecule has 2 rings (SSSR count). The normalized spacial score (nSPS) is 11.2. The van der Waals surface area contributed by atoms with Gasteiger partial charge >= 0.3 is 3.98 Å². The molecule has 1 N–H and O–H groups in total. The van der Waals surface area contributed by atoms with Crippen molar-refractivity contribution in [3.8, 4) is 11.5 Å². The minimum absolute atomic E-state index is 0.244. The lowest BCUT2D eigenvalue weighted by Crippen LogP contribution is -2.18. The summed E-state index contributed by atoms with van der Waals surface area (Å²) in [6.07, 6.45) is 0. The van der Waals surface area contributed by atoms with Crippen LogP contribution in [0.4, 0.5) is 4.79 Å². The number of hydrogen-bond donors (Lipinski definition) is 1. The largest absolute Gasteiger partial charge is 0.508 e. The van der Waals surface area contributed by atoms with Crippen LogP contribution in [0.1, 0.15) is 25.0 Å². The van der Waals surface area contributed by atoms with Crippen LogP contribution in [0.3, 0.4) is 0 Å². The van der Waals surface area contributed by atoms with Crippen LogP contribution >= 0.6 is 22.6 Å². The highest BCUT2D eigenvalue weighted by Gasteiger charge is 2.23. The summed E-state index contributed by atoms with van der Waals surface area (Å²) >= 11 is 1.59. The molecule has 0 amide bonds. The van der Waals surface area contributed by atoms with Crippen molar-refractivity contribution in [2.75, 3.05) is 0 Å². The lowest BCUT2D eigenvalue weighted by molar-refractivity contribution is 0.230. The number of benzene rings is 2. The second-order valence-corrected chi connectivity index (χ2v) is 5.92. The van der Waals surface area contributed by atoms with E-state index in [1.54, 1.807) is 46.9 Å². The van der Waals surface area contributed by atoms with Crippen molar-refractivity contribution in [3.63, 3.8) is 0 Å². The van der Waals surface area contributed by atoms with Gasteiger partial charge in [0.05, 0.1) is 22.6 Å². The van der Waals surface area contributed by atoms with Crippen LogP contribution < -0.4 is 4.74 Å². The standard InChI is InChI=1S/C16H15IO3/c1-16(2,12-4-3-5-13(18)10-12)11-6-8-14(9-7-11)20-15(17)19/h3-10,18H,1-2H3. The summed E-state index contributed by atoms with van der Waals surface area (Å²) in [5.74, 6) is 0.783. The smallest absolute Gasteiger partial charge is 0.372 e. The molecule has 0 unspecified atom stereocenters. The van der Waals surface area contributed by atoms with Crippen LogP contribution in [0.25, 0.3) is 0 Å². The fraction of sp³-hybridized carbons (Fsp3) is 0.188. The molecule has 20 heavy (non-hydrogen) atoms. The number of carbonyl (C=O) groups excluding carboxylic acids is 1. The maximum Gasteiger partial charge on any atom is 0.372 e. The SMILES string of the molecule is CC(C)(c1ccc(OC(=O)I)cc1)c1cccc(O)c1. The van der Waals surface area contributed by atoms with Gasteiger partial charge in [0.15, 0.2) is 0 Å². The van der Waals surface area contributed by atoms with E-state index in [1.165, 1.54) is 0 Å². The summed E-state index contributed by atoms with van der Waals surface area (Å²) in [4.78, 5) is 10.9. The summed E-state index contributed by atoms with van der Waals surface area (Å²) in [6.45, 7) is 4.17. The van der Waals surface area contributed by atoms with Crippen LogP contribution in [0.5, 0.6) is 11.5 Å². The Hall–Kier alpha value is -1.56. The van der Waals surface area contributed by atoms with Gasteiger partial charge in [-0.2, -0.15) is 0 Å². The highest BCUT2D eigenvalue weighted by Crippen LogP contribution is 2.33. The van der Waals surface area contributed by atoms with Gasteiger partial charge in [-0.25, -0.2) is 4.79 Å². The Kier molecular flexibility index (Phi) is 4.32. The van der Waals surface area contributed by atoms with Crippen molar-refractivity contribution in [1.82, 2.24) is 0 Å². The van der Waals surface area contributed by atoms with E-state index in [9.17, 15) is 9.90 Å². The molecular weight excluding hydrogens is 367 g/mol. The van der Waals surface area contributed by atoms with E-state index in [1.807, 2.05) is 24.3 Å². The number of hydrogen-bond acceptors (Lipinski definition) is 3. The van der Waals surface area contributed by atoms with Gasteiger partial charge in [-0.1, -0.05) is 38.1 Å². The van der Waals surface area contributed by atoms with Gasteiger partial charge in [-0.3, -0.25) is 0 Å². The van der Waals surface area contributed by atoms with Crippen molar-refractivity contribution in [2.45, 2.75) is 19.3 Å². The van der Waals surface area contributed by atoms with E-state index >= 15 is 0 Å². The van der Waals surface area contributed by atoms with Crippen molar-refractivity contribution >= 4 is 26.6 Å². The van der Waals surface area contributed by atoms with Crippen LogP contribution in [0, 0.1) is 0 Å². The maximum atomic E-state index is 10.9. The van der Waals surface area contributed by atoms with Crippen molar-refractivity contribution in [1.29, 1.82) is 0 Å². The Labute approximate surface area is 131 Å². The predicted octanol–water partition coefficient (Wildman–Crippen LogP) is 4.65. The van der Waals surface area contributed by atoms with E-state index < -0.39 is 0 Å². The van der Waals surface area contributed by atoms with Gasteiger partial charge in [0, 0.05) is 5.41 Å². The van der Waals surface area contributed by atoms with Gasteiger partial charge in [-0.15, -0.1) is 0 Å². The number of ether oxygens (including phenoxy) is 1. The van der Waals surface area contributed by atoms with Crippen molar-refractivity contribution < 1.29 is 14.6 Å². The molecule has 0 spiro atoms. The zero-order chi connectivity index (χ0) is 14.8. The van der Waals surface area contributed by atoms with Crippen LogP contribution in [-0.4, -0.2) is 9.08 Å². The molecule has 4 heteroatoms. The third-order valence-electron chi connectivity index (χ3n) is 3.34. The molecule has 0 heterocycles. The number of rotatable bonds is 3. The first-order valence-corrected chi connectivity index (χ1v) is 7.25. The van der Waals surface area contributed by atoms with Gasteiger partial charge < -0.3 is 9.84 Å². The predicted molar refractivity (Wildman–Crippen MR) is 86.7 cm³/mol. The van der Waals surface area contributed by atoms with E-state index in [0.29, 0.717) is 5.75 Å². The molecule has 2 aromatic rings. The Balaban J connectivity index is 2.32. The number of phenols is 1. The first-order valence-electron chi connectivity index (χ1n) is 6.17.